The smallest absolute Gasteiger partial charge is 0.0420 e. The maximum absolute atomic E-state index is 4.31. The number of rotatable bonds is 0. The molecule has 0 aliphatic carbocycles. The Morgan fingerprint density at radius 1 is 1.50 bits per heavy atom. The molecule has 0 aromatic heterocycles. The lowest BCUT2D eigenvalue weighted by Gasteiger charge is -2.06. The first-order valence-electron chi connectivity index (χ1n) is 3.22. The lowest BCUT2D eigenvalue weighted by Crippen LogP contribution is -2.09. The molecule has 0 amide bonds. The normalized spacial score (nSPS) is 37.6. The van der Waals surface area contributed by atoms with Gasteiger partial charge < -0.3 is 0 Å². The van der Waals surface area contributed by atoms with Crippen LogP contribution in [0, 0.1) is 11.8 Å². The van der Waals surface area contributed by atoms with Crippen molar-refractivity contribution >= 4 is 5.71 Å². The van der Waals surface area contributed by atoms with Crippen LogP contribution >= 0.6 is 0 Å². The predicted octanol–water partition coefficient (Wildman–Crippen LogP) is 1.73. The summed E-state index contributed by atoms with van der Waals surface area (Å²) in [6, 6.07) is 0. The van der Waals surface area contributed by atoms with Gasteiger partial charge in [0.15, 0.2) is 0 Å². The zero-order valence-electron chi connectivity index (χ0n) is 5.81. The van der Waals surface area contributed by atoms with Crippen molar-refractivity contribution in [2.75, 3.05) is 6.54 Å². The summed E-state index contributed by atoms with van der Waals surface area (Å²) in [5.74, 6) is 1.52. The Bertz CT molecular complexity index is 116. The zero-order valence-corrected chi connectivity index (χ0v) is 5.81. The van der Waals surface area contributed by atoms with Crippen molar-refractivity contribution in [3.8, 4) is 0 Å². The molecule has 1 heteroatoms. The molecule has 1 aliphatic rings. The SMILES string of the molecule is CC1=NCC(C)[C@H]1C. The second kappa shape index (κ2) is 1.88. The number of aliphatic imine (C=N–C) groups is 1. The lowest BCUT2D eigenvalue weighted by atomic mass is 9.96. The van der Waals surface area contributed by atoms with E-state index in [1.165, 1.54) is 5.71 Å². The summed E-state index contributed by atoms with van der Waals surface area (Å²) in [6.07, 6.45) is 0. The Morgan fingerprint density at radius 3 is 2.25 bits per heavy atom. The molecule has 0 radical (unpaired) electrons. The van der Waals surface area contributed by atoms with Crippen LogP contribution in [0.25, 0.3) is 0 Å². The third-order valence-electron chi connectivity index (χ3n) is 2.14. The third-order valence-corrected chi connectivity index (χ3v) is 2.14. The van der Waals surface area contributed by atoms with E-state index in [1.54, 1.807) is 0 Å². The van der Waals surface area contributed by atoms with Gasteiger partial charge in [-0.1, -0.05) is 13.8 Å². The summed E-state index contributed by atoms with van der Waals surface area (Å²) >= 11 is 0. The highest BCUT2D eigenvalue weighted by atomic mass is 14.8. The molecule has 8 heavy (non-hydrogen) atoms. The monoisotopic (exact) mass is 111 g/mol. The fraction of sp³-hybridized carbons (Fsp3) is 0.857. The van der Waals surface area contributed by atoms with Crippen molar-refractivity contribution < 1.29 is 0 Å². The molecule has 0 bridgehead atoms. The van der Waals surface area contributed by atoms with Crippen LogP contribution in [0.5, 0.6) is 0 Å². The molecule has 2 atom stereocenters. The molecule has 1 aliphatic heterocycles. The van der Waals surface area contributed by atoms with Gasteiger partial charge in [0.1, 0.15) is 0 Å². The van der Waals surface area contributed by atoms with Gasteiger partial charge in [-0.3, -0.25) is 4.99 Å². The fourth-order valence-electron chi connectivity index (χ4n) is 1.00. The van der Waals surface area contributed by atoms with Gasteiger partial charge in [0.2, 0.25) is 0 Å². The molecule has 46 valence electrons. The Labute approximate surface area is 50.8 Å². The summed E-state index contributed by atoms with van der Waals surface area (Å²) in [7, 11) is 0. The molecule has 1 heterocycles. The van der Waals surface area contributed by atoms with Gasteiger partial charge in [0.25, 0.3) is 0 Å². The van der Waals surface area contributed by atoms with Crippen molar-refractivity contribution in [3.05, 3.63) is 0 Å². The Balaban J connectivity index is 2.59. The molecule has 1 rings (SSSR count). The van der Waals surface area contributed by atoms with Crippen LogP contribution in [0.15, 0.2) is 4.99 Å². The van der Waals surface area contributed by atoms with Gasteiger partial charge in [-0.05, 0) is 18.8 Å². The van der Waals surface area contributed by atoms with E-state index in [9.17, 15) is 0 Å². The maximum atomic E-state index is 4.31. The molecule has 0 saturated carbocycles. The fourth-order valence-corrected chi connectivity index (χ4v) is 1.00. The summed E-state index contributed by atoms with van der Waals surface area (Å²) < 4.78 is 0. The summed E-state index contributed by atoms with van der Waals surface area (Å²) in [6.45, 7) is 7.67. The highest BCUT2D eigenvalue weighted by Crippen LogP contribution is 2.19. The van der Waals surface area contributed by atoms with Crippen LogP contribution in [-0.4, -0.2) is 12.3 Å². The van der Waals surface area contributed by atoms with E-state index in [0.717, 1.165) is 18.4 Å². The largest absolute Gasteiger partial charge is 0.294 e. The molecule has 0 fully saturated rings. The van der Waals surface area contributed by atoms with Crippen molar-refractivity contribution in [2.45, 2.75) is 20.8 Å². The first-order valence-corrected chi connectivity index (χ1v) is 3.22. The minimum Gasteiger partial charge on any atom is -0.294 e. The zero-order chi connectivity index (χ0) is 6.15. The number of hydrogen-bond acceptors (Lipinski definition) is 1. The standard InChI is InChI=1S/C7H13N/c1-5-4-8-7(3)6(5)2/h5-6H,4H2,1-3H3/t5?,6-/m1/s1. The van der Waals surface area contributed by atoms with E-state index in [4.69, 9.17) is 0 Å². The second-order valence-corrected chi connectivity index (χ2v) is 2.75. The van der Waals surface area contributed by atoms with Crippen molar-refractivity contribution in [1.29, 1.82) is 0 Å². The van der Waals surface area contributed by atoms with E-state index in [0.29, 0.717) is 0 Å². The minimum absolute atomic E-state index is 0.731. The van der Waals surface area contributed by atoms with Gasteiger partial charge in [-0.2, -0.15) is 0 Å². The van der Waals surface area contributed by atoms with Crippen LogP contribution in [0.1, 0.15) is 20.8 Å². The number of hydrogen-bond donors (Lipinski definition) is 0. The first-order chi connectivity index (χ1) is 3.72. The van der Waals surface area contributed by atoms with Crippen molar-refractivity contribution in [3.63, 3.8) is 0 Å². The van der Waals surface area contributed by atoms with Crippen molar-refractivity contribution in [2.24, 2.45) is 16.8 Å². The summed E-state index contributed by atoms with van der Waals surface area (Å²) in [5.41, 5.74) is 1.33. The molecule has 0 N–H and O–H groups in total. The Hall–Kier alpha value is -0.330. The quantitative estimate of drug-likeness (QED) is 0.451. The second-order valence-electron chi connectivity index (χ2n) is 2.75. The first kappa shape index (κ1) is 5.80. The van der Waals surface area contributed by atoms with E-state index in [1.807, 2.05) is 0 Å². The van der Waals surface area contributed by atoms with Crippen LogP contribution in [0.4, 0.5) is 0 Å². The average Bonchev–Trinajstić information content (AvgIpc) is 1.98. The van der Waals surface area contributed by atoms with Gasteiger partial charge in [0.05, 0.1) is 0 Å². The number of nitrogens with zero attached hydrogens (tertiary/aromatic N) is 1. The van der Waals surface area contributed by atoms with Gasteiger partial charge >= 0.3 is 0 Å². The molecular formula is C7H13N. The average molecular weight is 111 g/mol. The van der Waals surface area contributed by atoms with Crippen LogP contribution in [-0.2, 0) is 0 Å². The lowest BCUT2D eigenvalue weighted by molar-refractivity contribution is 0.533. The van der Waals surface area contributed by atoms with Crippen LogP contribution in [0.3, 0.4) is 0 Å². The highest BCUT2D eigenvalue weighted by Gasteiger charge is 2.19. The van der Waals surface area contributed by atoms with E-state index in [-0.39, 0.29) is 0 Å². The van der Waals surface area contributed by atoms with Crippen LogP contribution < -0.4 is 0 Å². The van der Waals surface area contributed by atoms with Gasteiger partial charge in [-0.25, -0.2) is 0 Å². The highest BCUT2D eigenvalue weighted by molar-refractivity contribution is 5.85. The van der Waals surface area contributed by atoms with Gasteiger partial charge in [-0.15, -0.1) is 0 Å². The molecule has 0 saturated heterocycles. The molecule has 1 unspecified atom stereocenters. The Kier molecular flexibility index (Phi) is 1.37. The van der Waals surface area contributed by atoms with Crippen molar-refractivity contribution in [1.82, 2.24) is 0 Å². The molecule has 0 aromatic carbocycles. The maximum Gasteiger partial charge on any atom is 0.0420 e. The van der Waals surface area contributed by atoms with E-state index >= 15 is 0 Å². The topological polar surface area (TPSA) is 12.4 Å². The third kappa shape index (κ3) is 0.770. The summed E-state index contributed by atoms with van der Waals surface area (Å²) in [5, 5.41) is 0. The molecule has 0 aromatic rings. The summed E-state index contributed by atoms with van der Waals surface area (Å²) in [4.78, 5) is 4.31. The van der Waals surface area contributed by atoms with E-state index in [2.05, 4.69) is 25.8 Å². The molecule has 0 spiro atoms. The van der Waals surface area contributed by atoms with Gasteiger partial charge in [0, 0.05) is 12.3 Å². The minimum atomic E-state index is 0.731. The van der Waals surface area contributed by atoms with Crippen LogP contribution in [0.2, 0.25) is 0 Å². The molecular weight excluding hydrogens is 98.1 g/mol. The van der Waals surface area contributed by atoms with E-state index < -0.39 is 0 Å². The Morgan fingerprint density at radius 2 is 2.12 bits per heavy atom. The predicted molar refractivity (Wildman–Crippen MR) is 36.3 cm³/mol. The molecule has 1 nitrogen and oxygen atoms in total.